The van der Waals surface area contributed by atoms with E-state index in [1.54, 1.807) is 24.8 Å². The average molecular weight is 656 g/mol. The first-order valence-electron chi connectivity index (χ1n) is 16.7. The minimum atomic E-state index is -0.349. The molecular weight excluding hydrogens is 617 g/mol. The summed E-state index contributed by atoms with van der Waals surface area (Å²) < 4.78 is 21.0. The summed E-state index contributed by atoms with van der Waals surface area (Å²) in [6.45, 7) is 8.62. The Balaban J connectivity index is 0.940. The molecule has 2 saturated carbocycles. The monoisotopic (exact) mass is 655 g/mol. The number of pyridine rings is 1. The quantitative estimate of drug-likeness (QED) is 0.188. The second kappa shape index (κ2) is 12.2. The van der Waals surface area contributed by atoms with Crippen molar-refractivity contribution in [1.82, 2.24) is 35.0 Å². The molecule has 47 heavy (non-hydrogen) atoms. The molecule has 1 atom stereocenters. The van der Waals surface area contributed by atoms with Crippen LogP contribution in [0, 0.1) is 23.1 Å². The first kappa shape index (κ1) is 30.4. The van der Waals surface area contributed by atoms with Crippen LogP contribution in [-0.2, 0) is 0 Å². The number of likely N-dealkylation sites (tertiary alicyclic amines) is 1. The smallest absolute Gasteiger partial charge is 0.282 e. The van der Waals surface area contributed by atoms with Crippen molar-refractivity contribution in [3.8, 4) is 22.8 Å². The van der Waals surface area contributed by atoms with Crippen LogP contribution < -0.4 is 15.0 Å². The van der Waals surface area contributed by atoms with Gasteiger partial charge in [-0.25, -0.2) is 24.3 Å². The molecule has 4 aromatic rings. The number of halogens is 2. The summed E-state index contributed by atoms with van der Waals surface area (Å²) in [6.07, 6.45) is 12.1. The zero-order chi connectivity index (χ0) is 32.1. The maximum Gasteiger partial charge on any atom is 0.282 e. The number of aromatic nitrogens is 6. The molecule has 10 nitrogen and oxygen atoms in total. The predicted molar refractivity (Wildman–Crippen MR) is 178 cm³/mol. The van der Waals surface area contributed by atoms with Crippen LogP contribution in [0.5, 0.6) is 11.6 Å². The van der Waals surface area contributed by atoms with Crippen molar-refractivity contribution in [3.05, 3.63) is 72.0 Å². The summed E-state index contributed by atoms with van der Waals surface area (Å²) >= 11 is 6.09. The molecule has 4 aliphatic rings. The van der Waals surface area contributed by atoms with Gasteiger partial charge in [0, 0.05) is 78.8 Å². The molecule has 12 heteroatoms. The minimum absolute atomic E-state index is 0.214. The van der Waals surface area contributed by atoms with E-state index in [1.165, 1.54) is 18.5 Å². The van der Waals surface area contributed by atoms with E-state index in [2.05, 4.69) is 59.1 Å². The molecule has 0 amide bonds. The highest BCUT2D eigenvalue weighted by Crippen LogP contribution is 2.49. The summed E-state index contributed by atoms with van der Waals surface area (Å²) in [7, 11) is 0. The lowest BCUT2D eigenvalue weighted by Gasteiger charge is -2.57. The normalized spacial score (nSPS) is 22.6. The highest BCUT2D eigenvalue weighted by atomic mass is 35.5. The van der Waals surface area contributed by atoms with Crippen LogP contribution in [-0.4, -0.2) is 73.3 Å². The number of rotatable bonds is 10. The van der Waals surface area contributed by atoms with Gasteiger partial charge in [0.25, 0.3) is 5.88 Å². The fourth-order valence-corrected chi connectivity index (χ4v) is 8.30. The van der Waals surface area contributed by atoms with Gasteiger partial charge in [-0.05, 0) is 74.3 Å². The topological polar surface area (TPSA) is 105 Å². The van der Waals surface area contributed by atoms with E-state index in [-0.39, 0.29) is 11.2 Å². The number of benzene rings is 1. The molecular formula is C35H39ClFN9O. The Morgan fingerprint density at radius 2 is 1.87 bits per heavy atom. The van der Waals surface area contributed by atoms with Gasteiger partial charge < -0.3 is 15.0 Å². The van der Waals surface area contributed by atoms with Crippen LogP contribution in [0.15, 0.2) is 55.4 Å². The van der Waals surface area contributed by atoms with Crippen molar-refractivity contribution in [2.75, 3.05) is 36.4 Å². The van der Waals surface area contributed by atoms with Crippen LogP contribution >= 0.6 is 11.6 Å². The number of hydrogen-bond acceptors (Lipinski definition) is 10. The summed E-state index contributed by atoms with van der Waals surface area (Å²) in [5, 5.41) is 12.6. The fourth-order valence-electron chi connectivity index (χ4n) is 8.13. The highest BCUT2D eigenvalue weighted by molar-refractivity contribution is 6.29. The van der Waals surface area contributed by atoms with Gasteiger partial charge in [0.2, 0.25) is 0 Å². The van der Waals surface area contributed by atoms with E-state index < -0.39 is 0 Å². The molecule has 1 spiro atoms. The fraction of sp³-hybridized carbons (Fsp3) is 0.486. The van der Waals surface area contributed by atoms with Gasteiger partial charge in [0.05, 0.1) is 5.69 Å². The van der Waals surface area contributed by atoms with E-state index in [0.717, 1.165) is 75.2 Å². The Morgan fingerprint density at radius 3 is 2.66 bits per heavy atom. The zero-order valence-corrected chi connectivity index (χ0v) is 27.4. The maximum absolute atomic E-state index is 14.6. The highest BCUT2D eigenvalue weighted by Gasteiger charge is 2.53. The standard InChI is InChI=1S/C35H39ClFN9O/c1-21(2)32(23-11-26(12-23)43-25-7-9-39-30(36)14-25)46-17-35(18-46)8-10-45(16-35)33-34(44-42-20-41-33)47-29-6-5-24(37)13-27(29)28-15-38-19-40-31(28)22-3-4-22/h5-7,9,13-15,19-23,26,32H,3-4,8,10-12,16-18H2,1-2H3,(H,39,43)/t23?,26?,32-/m1/s1. The molecule has 244 valence electrons. The molecule has 0 radical (unpaired) electrons. The molecule has 1 aromatic carbocycles. The first-order chi connectivity index (χ1) is 22.8. The number of nitrogens with zero attached hydrogens (tertiary/aromatic N) is 8. The molecule has 2 aliphatic carbocycles. The molecule has 1 N–H and O–H groups in total. The van der Waals surface area contributed by atoms with Gasteiger partial charge in [-0.2, -0.15) is 0 Å². The number of ether oxygens (including phenoxy) is 1. The number of anilines is 2. The lowest BCUT2D eigenvalue weighted by Crippen LogP contribution is -2.65. The third kappa shape index (κ3) is 6.11. The molecule has 8 rings (SSSR count). The van der Waals surface area contributed by atoms with E-state index in [1.807, 2.05) is 12.1 Å². The Labute approximate surface area is 279 Å². The first-order valence-corrected chi connectivity index (χ1v) is 17.0. The predicted octanol–water partition coefficient (Wildman–Crippen LogP) is 6.61. The van der Waals surface area contributed by atoms with Gasteiger partial charge in [-0.3, -0.25) is 4.90 Å². The Hall–Kier alpha value is -3.96. The number of nitrogens with one attached hydrogen (secondary N) is 1. The van der Waals surface area contributed by atoms with Crippen LogP contribution in [0.2, 0.25) is 5.15 Å². The van der Waals surface area contributed by atoms with Crippen molar-refractivity contribution < 1.29 is 9.13 Å². The Morgan fingerprint density at radius 1 is 1.02 bits per heavy atom. The van der Waals surface area contributed by atoms with Gasteiger partial charge in [0.1, 0.15) is 29.4 Å². The lowest BCUT2D eigenvalue weighted by atomic mass is 9.68. The number of hydrogen-bond donors (Lipinski definition) is 1. The van der Waals surface area contributed by atoms with Crippen molar-refractivity contribution >= 4 is 23.1 Å². The third-order valence-corrected chi connectivity index (χ3v) is 10.6. The summed E-state index contributed by atoms with van der Waals surface area (Å²) in [4.78, 5) is 22.5. The summed E-state index contributed by atoms with van der Waals surface area (Å²) in [5.41, 5.74) is 3.57. The maximum atomic E-state index is 14.6. The Bertz CT molecular complexity index is 1760. The van der Waals surface area contributed by atoms with Gasteiger partial charge in [0.15, 0.2) is 5.82 Å². The van der Waals surface area contributed by atoms with Crippen molar-refractivity contribution in [2.45, 2.75) is 64.0 Å². The second-order valence-electron chi connectivity index (χ2n) is 14.2. The van der Waals surface area contributed by atoms with E-state index in [9.17, 15) is 4.39 Å². The van der Waals surface area contributed by atoms with Gasteiger partial charge >= 0.3 is 0 Å². The van der Waals surface area contributed by atoms with Crippen LogP contribution in [0.3, 0.4) is 0 Å². The van der Waals surface area contributed by atoms with Gasteiger partial charge in [-0.1, -0.05) is 25.4 Å². The average Bonchev–Trinajstić information content (AvgIpc) is 3.78. The second-order valence-corrected chi connectivity index (χ2v) is 14.6. The van der Waals surface area contributed by atoms with Crippen LogP contribution in [0.1, 0.15) is 57.6 Å². The Kier molecular flexibility index (Phi) is 7.92. The molecule has 2 aliphatic heterocycles. The largest absolute Gasteiger partial charge is 0.434 e. The van der Waals surface area contributed by atoms with E-state index in [4.69, 9.17) is 16.3 Å². The van der Waals surface area contributed by atoms with E-state index in [0.29, 0.717) is 58.0 Å². The van der Waals surface area contributed by atoms with Crippen LogP contribution in [0.25, 0.3) is 11.1 Å². The van der Waals surface area contributed by atoms with Crippen molar-refractivity contribution in [3.63, 3.8) is 0 Å². The van der Waals surface area contributed by atoms with Gasteiger partial charge in [-0.15, -0.1) is 10.2 Å². The van der Waals surface area contributed by atoms with Crippen LogP contribution in [0.4, 0.5) is 15.9 Å². The molecule has 0 bridgehead atoms. The molecule has 4 fully saturated rings. The van der Waals surface area contributed by atoms with Crippen molar-refractivity contribution in [1.29, 1.82) is 0 Å². The third-order valence-electron chi connectivity index (χ3n) is 10.4. The molecule has 5 heterocycles. The molecule has 3 aromatic heterocycles. The molecule has 2 saturated heterocycles. The minimum Gasteiger partial charge on any atom is -0.434 e. The van der Waals surface area contributed by atoms with E-state index >= 15 is 0 Å². The van der Waals surface area contributed by atoms with Crippen molar-refractivity contribution in [2.24, 2.45) is 17.3 Å². The summed E-state index contributed by atoms with van der Waals surface area (Å²) in [6, 6.07) is 9.43. The lowest BCUT2D eigenvalue weighted by molar-refractivity contribution is -0.0656. The molecule has 0 unspecified atom stereocenters. The zero-order valence-electron chi connectivity index (χ0n) is 26.7. The SMILES string of the molecule is CC(C)[C@H](C1CC(Nc2ccnc(Cl)c2)C1)N1CC2(CCN(c3ncnnc3Oc3ccc(F)cc3-c3cncnc3C3CC3)C2)C1. The summed E-state index contributed by atoms with van der Waals surface area (Å²) in [5.74, 6) is 2.74.